The van der Waals surface area contributed by atoms with Gasteiger partial charge in [0, 0.05) is 24.2 Å². The van der Waals surface area contributed by atoms with Crippen LogP contribution in [0.15, 0.2) is 0 Å². The average Bonchev–Trinajstić information content (AvgIpc) is 2.77. The highest BCUT2D eigenvalue weighted by Gasteiger charge is 2.41. The lowest BCUT2D eigenvalue weighted by molar-refractivity contribution is -0.264. The maximum Gasteiger partial charge on any atom is 0.223 e. The Morgan fingerprint density at radius 3 is 2.16 bits per heavy atom. The summed E-state index contributed by atoms with van der Waals surface area (Å²) in [5.74, 6) is -0.0491. The van der Waals surface area contributed by atoms with E-state index in [0.717, 1.165) is 12.8 Å². The molecule has 1 aliphatic rings. The van der Waals surface area contributed by atoms with Gasteiger partial charge in [0.2, 0.25) is 5.91 Å². The van der Waals surface area contributed by atoms with Gasteiger partial charge in [0.25, 0.3) is 0 Å². The number of hydrogen-bond acceptors (Lipinski definition) is 6. The first-order valence-electron chi connectivity index (χ1n) is 11.9. The number of ether oxygens (including phenoxy) is 2. The maximum atomic E-state index is 13.1. The van der Waals surface area contributed by atoms with Gasteiger partial charge in [-0.2, -0.15) is 0 Å². The molecule has 6 unspecified atom stereocenters. The molecule has 7 nitrogen and oxygen atoms in total. The van der Waals surface area contributed by atoms with Crippen molar-refractivity contribution in [1.29, 1.82) is 0 Å². The topological polar surface area (TPSA) is 93.7 Å². The second kappa shape index (κ2) is 13.3. The number of ketones is 2. The molecular formula is C24H44N2O5. The fraction of sp³-hybridized carbons (Fsp3) is 0.875. The van der Waals surface area contributed by atoms with Gasteiger partial charge in [-0.3, -0.25) is 19.7 Å². The van der Waals surface area contributed by atoms with Crippen molar-refractivity contribution in [3.63, 3.8) is 0 Å². The van der Waals surface area contributed by atoms with Gasteiger partial charge in [-0.05, 0) is 38.1 Å². The van der Waals surface area contributed by atoms with Crippen LogP contribution in [0.25, 0.3) is 0 Å². The number of rotatable bonds is 13. The van der Waals surface area contributed by atoms with Gasteiger partial charge in [0.1, 0.15) is 0 Å². The molecule has 1 saturated heterocycles. The number of carbonyl (C=O) groups is 3. The van der Waals surface area contributed by atoms with E-state index < -0.39 is 18.4 Å². The first-order chi connectivity index (χ1) is 14.6. The predicted molar refractivity (Wildman–Crippen MR) is 121 cm³/mol. The first kappa shape index (κ1) is 27.7. The number of Topliss-reactive ketones (excluding diaryl/α,β-unsaturated/α-hetero) is 2. The van der Waals surface area contributed by atoms with Crippen LogP contribution in [0, 0.1) is 29.6 Å². The van der Waals surface area contributed by atoms with Gasteiger partial charge < -0.3 is 14.8 Å². The normalized spacial score (nSPS) is 29.1. The van der Waals surface area contributed by atoms with Crippen molar-refractivity contribution in [3.8, 4) is 0 Å². The lowest BCUT2D eigenvalue weighted by Crippen LogP contribution is -2.51. The first-order valence-corrected chi connectivity index (χ1v) is 11.9. The Balaban J connectivity index is 2.73. The van der Waals surface area contributed by atoms with Gasteiger partial charge in [0.05, 0.1) is 12.6 Å². The van der Waals surface area contributed by atoms with Crippen LogP contribution in [-0.2, 0) is 23.9 Å². The van der Waals surface area contributed by atoms with Crippen molar-refractivity contribution in [2.75, 3.05) is 13.6 Å². The third kappa shape index (κ3) is 7.65. The Kier molecular flexibility index (Phi) is 11.9. The number of carbonyl (C=O) groups excluding carboxylic acids is 3. The van der Waals surface area contributed by atoms with Crippen LogP contribution in [0.5, 0.6) is 0 Å². The fourth-order valence-corrected chi connectivity index (χ4v) is 4.07. The average molecular weight is 441 g/mol. The van der Waals surface area contributed by atoms with E-state index >= 15 is 0 Å². The molecule has 0 aromatic heterocycles. The van der Waals surface area contributed by atoms with Crippen molar-refractivity contribution >= 4 is 17.5 Å². The minimum atomic E-state index is -0.835. The smallest absolute Gasteiger partial charge is 0.223 e. The molecule has 1 heterocycles. The zero-order valence-corrected chi connectivity index (χ0v) is 20.7. The van der Waals surface area contributed by atoms with Crippen LogP contribution < -0.4 is 10.6 Å². The number of hydrogen-bond donors (Lipinski definition) is 2. The highest BCUT2D eigenvalue weighted by Crippen LogP contribution is 2.37. The van der Waals surface area contributed by atoms with Gasteiger partial charge in [-0.1, -0.05) is 48.5 Å². The third-order valence-corrected chi connectivity index (χ3v) is 7.07. The molecule has 0 aliphatic carbocycles. The van der Waals surface area contributed by atoms with E-state index in [4.69, 9.17) is 9.47 Å². The summed E-state index contributed by atoms with van der Waals surface area (Å²) in [4.78, 5) is 37.4. The minimum absolute atomic E-state index is 0.0472. The summed E-state index contributed by atoms with van der Waals surface area (Å²) in [5, 5.41) is 5.63. The standard InChI is InChI=1S/C24H44N2O5/c1-9-14(4)22(29)26-13-19(27)12-18(10-2)21(28)23(25-8)31-24-17(7)15(5)16(6)20(11-3)30-24/h14-18,20,23-25H,9-13H2,1-8H3,(H,26,29)/t14?,15?,16-,17+,18?,20?,23?,24?/m0/s1. The Morgan fingerprint density at radius 2 is 1.65 bits per heavy atom. The zero-order valence-electron chi connectivity index (χ0n) is 20.7. The van der Waals surface area contributed by atoms with Crippen molar-refractivity contribution in [2.24, 2.45) is 29.6 Å². The molecule has 1 fully saturated rings. The predicted octanol–water partition coefficient (Wildman–Crippen LogP) is 3.31. The number of amides is 1. The van der Waals surface area contributed by atoms with Crippen LogP contribution in [0.2, 0.25) is 0 Å². The van der Waals surface area contributed by atoms with E-state index in [1.807, 2.05) is 20.8 Å². The largest absolute Gasteiger partial charge is 0.349 e. The van der Waals surface area contributed by atoms with Gasteiger partial charge in [0.15, 0.2) is 24.1 Å². The minimum Gasteiger partial charge on any atom is -0.349 e. The van der Waals surface area contributed by atoms with E-state index in [1.54, 1.807) is 7.05 Å². The Labute approximate surface area is 188 Å². The molecule has 1 rings (SSSR count). The zero-order chi connectivity index (χ0) is 23.7. The summed E-state index contributed by atoms with van der Waals surface area (Å²) in [5.41, 5.74) is 0. The quantitative estimate of drug-likeness (QED) is 0.427. The van der Waals surface area contributed by atoms with Crippen LogP contribution >= 0.6 is 0 Å². The molecule has 180 valence electrons. The number of nitrogens with one attached hydrogen (secondary N) is 2. The molecule has 0 aromatic rings. The molecule has 1 amide bonds. The fourth-order valence-electron chi connectivity index (χ4n) is 4.07. The lowest BCUT2D eigenvalue weighted by atomic mass is 9.78. The molecule has 2 N–H and O–H groups in total. The summed E-state index contributed by atoms with van der Waals surface area (Å²) in [6, 6.07) is 0. The second-order valence-electron chi connectivity index (χ2n) is 9.11. The molecule has 31 heavy (non-hydrogen) atoms. The van der Waals surface area contributed by atoms with Crippen LogP contribution in [0.4, 0.5) is 0 Å². The van der Waals surface area contributed by atoms with E-state index in [2.05, 4.69) is 38.3 Å². The molecule has 7 heteroatoms. The summed E-state index contributed by atoms with van der Waals surface area (Å²) in [7, 11) is 1.68. The third-order valence-electron chi connectivity index (χ3n) is 7.07. The van der Waals surface area contributed by atoms with E-state index in [-0.39, 0.29) is 48.4 Å². The lowest BCUT2D eigenvalue weighted by Gasteiger charge is -2.44. The second-order valence-corrected chi connectivity index (χ2v) is 9.11. The summed E-state index contributed by atoms with van der Waals surface area (Å²) >= 11 is 0. The highest BCUT2D eigenvalue weighted by molar-refractivity contribution is 5.92. The summed E-state index contributed by atoms with van der Waals surface area (Å²) in [6.07, 6.45) is 1.02. The summed E-state index contributed by atoms with van der Waals surface area (Å²) in [6.45, 7) is 14.2. The van der Waals surface area contributed by atoms with E-state index in [1.165, 1.54) is 0 Å². The highest BCUT2D eigenvalue weighted by atomic mass is 16.7. The molecule has 1 aliphatic heterocycles. The molecular weight excluding hydrogens is 396 g/mol. The van der Waals surface area contributed by atoms with Crippen molar-refractivity contribution in [1.82, 2.24) is 10.6 Å². The maximum absolute atomic E-state index is 13.1. The van der Waals surface area contributed by atoms with Gasteiger partial charge in [-0.25, -0.2) is 0 Å². The van der Waals surface area contributed by atoms with Gasteiger partial charge >= 0.3 is 0 Å². The van der Waals surface area contributed by atoms with Gasteiger partial charge in [-0.15, -0.1) is 0 Å². The van der Waals surface area contributed by atoms with Crippen LogP contribution in [0.3, 0.4) is 0 Å². The molecule has 8 atom stereocenters. The molecule has 0 saturated carbocycles. The van der Waals surface area contributed by atoms with Crippen molar-refractivity contribution in [3.05, 3.63) is 0 Å². The monoisotopic (exact) mass is 440 g/mol. The molecule has 0 spiro atoms. The molecule has 0 bridgehead atoms. The van der Waals surface area contributed by atoms with Crippen LogP contribution in [0.1, 0.15) is 74.1 Å². The van der Waals surface area contributed by atoms with Crippen molar-refractivity contribution < 1.29 is 23.9 Å². The van der Waals surface area contributed by atoms with E-state index in [0.29, 0.717) is 18.3 Å². The van der Waals surface area contributed by atoms with Crippen molar-refractivity contribution in [2.45, 2.75) is 92.8 Å². The molecule has 0 radical (unpaired) electrons. The van der Waals surface area contributed by atoms with Crippen LogP contribution in [-0.4, -0.2) is 49.7 Å². The number of likely N-dealkylation sites (N-methyl/N-ethyl adjacent to an activating group) is 1. The Morgan fingerprint density at radius 1 is 1.00 bits per heavy atom. The molecule has 0 aromatic carbocycles. The SMILES string of the molecule is CCC(C)C(=O)NCC(=O)CC(CC)C(=O)C(NC)OC1OC(CC)[C@@H](C)C(C)[C@H]1C. The van der Waals surface area contributed by atoms with E-state index in [9.17, 15) is 14.4 Å². The Hall–Kier alpha value is -1.31. The Bertz CT molecular complexity index is 595. The summed E-state index contributed by atoms with van der Waals surface area (Å²) < 4.78 is 12.3.